The highest BCUT2D eigenvalue weighted by Crippen LogP contribution is 2.43. The monoisotopic (exact) mass is 297 g/mol. The van der Waals surface area contributed by atoms with Gasteiger partial charge in [-0.05, 0) is 36.2 Å². The van der Waals surface area contributed by atoms with E-state index in [1.807, 2.05) is 6.92 Å². The molecule has 2 N–H and O–H groups in total. The zero-order chi connectivity index (χ0) is 14.6. The molecular formula is C13H19N3O3S. The van der Waals surface area contributed by atoms with Gasteiger partial charge in [0.05, 0.1) is 12.1 Å². The lowest BCUT2D eigenvalue weighted by atomic mass is 9.66. The van der Waals surface area contributed by atoms with Crippen molar-refractivity contribution in [2.24, 2.45) is 5.41 Å². The number of carbonyl (C=O) groups excluding carboxylic acids is 1. The highest BCUT2D eigenvalue weighted by atomic mass is 32.1. The van der Waals surface area contributed by atoms with E-state index >= 15 is 0 Å². The summed E-state index contributed by atoms with van der Waals surface area (Å²) in [4.78, 5) is 23.6. The Bertz CT molecular complexity index is 497. The molecule has 0 atom stereocenters. The molecule has 0 radical (unpaired) electrons. The lowest BCUT2D eigenvalue weighted by Gasteiger charge is -2.40. The number of nitrogens with zero attached hydrogens (tertiary/aromatic N) is 2. The van der Waals surface area contributed by atoms with Gasteiger partial charge in [-0.2, -0.15) is 0 Å². The van der Waals surface area contributed by atoms with Crippen LogP contribution in [0.1, 0.15) is 54.4 Å². The molecule has 0 bridgehead atoms. The van der Waals surface area contributed by atoms with Gasteiger partial charge in [0.2, 0.25) is 0 Å². The minimum Gasteiger partial charge on any atom is -0.481 e. The number of aliphatic carboxylic acids is 1. The SMILES string of the molecule is CCCc1nnsc1C(=O)NCC1(CC(=O)O)CCC1. The standard InChI is InChI=1S/C13H19N3O3S/c1-2-4-9-11(20-16-15-9)12(19)14-8-13(5-3-6-13)7-10(17)18/h2-8H2,1H3,(H,14,19)(H,17,18). The summed E-state index contributed by atoms with van der Waals surface area (Å²) in [6, 6.07) is 0. The third-order valence-electron chi connectivity index (χ3n) is 3.81. The Morgan fingerprint density at radius 2 is 2.20 bits per heavy atom. The summed E-state index contributed by atoms with van der Waals surface area (Å²) in [5, 5.41) is 15.8. The van der Waals surface area contributed by atoms with Crippen LogP contribution in [0.15, 0.2) is 0 Å². The number of aromatic nitrogens is 2. The van der Waals surface area contributed by atoms with Gasteiger partial charge in [0.25, 0.3) is 5.91 Å². The third-order valence-corrected chi connectivity index (χ3v) is 4.58. The number of carboxylic acid groups (broad SMARTS) is 1. The maximum Gasteiger partial charge on any atom is 0.303 e. The minimum atomic E-state index is -0.801. The first-order chi connectivity index (χ1) is 9.56. The summed E-state index contributed by atoms with van der Waals surface area (Å²) in [6.45, 7) is 2.44. The third kappa shape index (κ3) is 3.33. The molecule has 0 saturated heterocycles. The summed E-state index contributed by atoms with van der Waals surface area (Å²) in [5.41, 5.74) is 0.473. The summed E-state index contributed by atoms with van der Waals surface area (Å²) in [6.07, 6.45) is 4.53. The van der Waals surface area contributed by atoms with E-state index in [0.717, 1.165) is 49.3 Å². The van der Waals surface area contributed by atoms with E-state index in [1.165, 1.54) is 0 Å². The predicted molar refractivity (Wildman–Crippen MR) is 74.8 cm³/mol. The molecule has 1 aromatic rings. The molecule has 0 aliphatic heterocycles. The van der Waals surface area contributed by atoms with Crippen LogP contribution in [0.3, 0.4) is 0 Å². The lowest BCUT2D eigenvalue weighted by molar-refractivity contribution is -0.141. The van der Waals surface area contributed by atoms with Gasteiger partial charge in [-0.15, -0.1) is 5.10 Å². The Balaban J connectivity index is 1.94. The van der Waals surface area contributed by atoms with Crippen LogP contribution in [0.2, 0.25) is 0 Å². The first kappa shape index (κ1) is 14.9. The molecule has 1 aliphatic carbocycles. The first-order valence-electron chi connectivity index (χ1n) is 6.87. The Morgan fingerprint density at radius 1 is 1.45 bits per heavy atom. The summed E-state index contributed by atoms with van der Waals surface area (Å²) >= 11 is 1.10. The fourth-order valence-corrected chi connectivity index (χ4v) is 3.17. The molecule has 1 aliphatic rings. The van der Waals surface area contributed by atoms with Crippen LogP contribution in [0.5, 0.6) is 0 Å². The van der Waals surface area contributed by atoms with E-state index in [2.05, 4.69) is 14.9 Å². The molecule has 2 rings (SSSR count). The molecule has 0 aromatic carbocycles. The van der Waals surface area contributed by atoms with E-state index in [0.29, 0.717) is 11.4 Å². The number of amides is 1. The Kier molecular flexibility index (Phi) is 4.69. The summed E-state index contributed by atoms with van der Waals surface area (Å²) in [7, 11) is 0. The van der Waals surface area contributed by atoms with Crippen molar-refractivity contribution < 1.29 is 14.7 Å². The Hall–Kier alpha value is -1.50. The Morgan fingerprint density at radius 3 is 2.75 bits per heavy atom. The van der Waals surface area contributed by atoms with Crippen LogP contribution >= 0.6 is 11.5 Å². The molecule has 1 saturated carbocycles. The van der Waals surface area contributed by atoms with Crippen LogP contribution < -0.4 is 5.32 Å². The van der Waals surface area contributed by atoms with Gasteiger partial charge in [0.1, 0.15) is 4.88 Å². The highest BCUT2D eigenvalue weighted by molar-refractivity contribution is 7.08. The zero-order valence-electron chi connectivity index (χ0n) is 11.5. The molecule has 1 fully saturated rings. The molecule has 20 heavy (non-hydrogen) atoms. The molecular weight excluding hydrogens is 278 g/mol. The predicted octanol–water partition coefficient (Wildman–Crippen LogP) is 1.87. The van der Waals surface area contributed by atoms with Crippen LogP contribution in [0.25, 0.3) is 0 Å². The van der Waals surface area contributed by atoms with E-state index in [9.17, 15) is 9.59 Å². The van der Waals surface area contributed by atoms with Crippen molar-refractivity contribution >= 4 is 23.4 Å². The smallest absolute Gasteiger partial charge is 0.303 e. The summed E-state index contributed by atoms with van der Waals surface area (Å²) in [5.74, 6) is -0.981. The maximum atomic E-state index is 12.1. The van der Waals surface area contributed by atoms with Gasteiger partial charge in [-0.3, -0.25) is 9.59 Å². The maximum absolute atomic E-state index is 12.1. The zero-order valence-corrected chi connectivity index (χ0v) is 12.3. The number of aryl methyl sites for hydroxylation is 1. The van der Waals surface area contributed by atoms with Gasteiger partial charge in [0, 0.05) is 6.54 Å². The molecule has 1 aromatic heterocycles. The van der Waals surface area contributed by atoms with Gasteiger partial charge in [-0.1, -0.05) is 24.3 Å². The Labute approximate surface area is 121 Å². The average Bonchev–Trinajstić information content (AvgIpc) is 2.80. The molecule has 7 heteroatoms. The molecule has 0 spiro atoms. The first-order valence-corrected chi connectivity index (χ1v) is 7.65. The fraction of sp³-hybridized carbons (Fsp3) is 0.692. The van der Waals surface area contributed by atoms with Crippen molar-refractivity contribution in [1.82, 2.24) is 14.9 Å². The van der Waals surface area contributed by atoms with E-state index < -0.39 is 5.97 Å². The van der Waals surface area contributed by atoms with Crippen molar-refractivity contribution in [3.05, 3.63) is 10.6 Å². The molecule has 110 valence electrons. The highest BCUT2D eigenvalue weighted by Gasteiger charge is 2.39. The molecule has 1 heterocycles. The molecule has 1 amide bonds. The van der Waals surface area contributed by atoms with E-state index in [-0.39, 0.29) is 17.7 Å². The lowest BCUT2D eigenvalue weighted by Crippen LogP contribution is -2.43. The molecule has 0 unspecified atom stereocenters. The van der Waals surface area contributed by atoms with Crippen LogP contribution in [0, 0.1) is 5.41 Å². The van der Waals surface area contributed by atoms with Crippen molar-refractivity contribution in [2.75, 3.05) is 6.54 Å². The average molecular weight is 297 g/mol. The quantitative estimate of drug-likeness (QED) is 0.801. The normalized spacial score (nSPS) is 16.4. The second kappa shape index (κ2) is 6.30. The second-order valence-electron chi connectivity index (χ2n) is 5.41. The van der Waals surface area contributed by atoms with E-state index in [1.54, 1.807) is 0 Å². The number of rotatable bonds is 7. The topological polar surface area (TPSA) is 92.2 Å². The summed E-state index contributed by atoms with van der Waals surface area (Å²) < 4.78 is 3.83. The number of nitrogens with one attached hydrogen (secondary N) is 1. The number of carbonyl (C=O) groups is 2. The van der Waals surface area contributed by atoms with Crippen LogP contribution in [0.4, 0.5) is 0 Å². The van der Waals surface area contributed by atoms with Gasteiger partial charge in [-0.25, -0.2) is 0 Å². The number of hydrogen-bond donors (Lipinski definition) is 2. The second-order valence-corrected chi connectivity index (χ2v) is 6.16. The van der Waals surface area contributed by atoms with Crippen LogP contribution in [-0.2, 0) is 11.2 Å². The molecule has 6 nitrogen and oxygen atoms in total. The van der Waals surface area contributed by atoms with Crippen molar-refractivity contribution in [2.45, 2.75) is 45.4 Å². The van der Waals surface area contributed by atoms with Gasteiger partial charge >= 0.3 is 5.97 Å². The van der Waals surface area contributed by atoms with Crippen molar-refractivity contribution in [3.63, 3.8) is 0 Å². The van der Waals surface area contributed by atoms with E-state index in [4.69, 9.17) is 5.11 Å². The van der Waals surface area contributed by atoms with Gasteiger partial charge in [0.15, 0.2) is 0 Å². The van der Waals surface area contributed by atoms with Gasteiger partial charge < -0.3 is 10.4 Å². The number of hydrogen-bond acceptors (Lipinski definition) is 5. The van der Waals surface area contributed by atoms with Crippen molar-refractivity contribution in [1.29, 1.82) is 0 Å². The minimum absolute atomic E-state index is 0.121. The fourth-order valence-electron chi connectivity index (χ4n) is 2.54. The number of carboxylic acids is 1. The largest absolute Gasteiger partial charge is 0.481 e. The van der Waals surface area contributed by atoms with Crippen LogP contribution in [-0.4, -0.2) is 33.1 Å². The van der Waals surface area contributed by atoms with Crippen molar-refractivity contribution in [3.8, 4) is 0 Å².